The Balaban J connectivity index is 1.74. The second-order valence-corrected chi connectivity index (χ2v) is 6.36. The summed E-state index contributed by atoms with van der Waals surface area (Å²) in [5.74, 6) is 1.39. The molecule has 7 nitrogen and oxygen atoms in total. The maximum atomic E-state index is 12.8. The van der Waals surface area contributed by atoms with E-state index in [9.17, 15) is 4.79 Å². The lowest BCUT2D eigenvalue weighted by Gasteiger charge is -2.32. The van der Waals surface area contributed by atoms with Crippen molar-refractivity contribution in [1.29, 1.82) is 0 Å². The van der Waals surface area contributed by atoms with Gasteiger partial charge in [-0.2, -0.15) is 5.10 Å². The van der Waals surface area contributed by atoms with Crippen molar-refractivity contribution in [3.63, 3.8) is 0 Å². The molecule has 130 valence electrons. The molecule has 1 aliphatic heterocycles. The minimum absolute atomic E-state index is 0.0697. The fraction of sp³-hybridized carbons (Fsp3) is 0.588. The number of hydrogen-bond donors (Lipinski definition) is 0. The summed E-state index contributed by atoms with van der Waals surface area (Å²) in [6, 6.07) is 0. The number of carbonyl (C=O) groups excluding carboxylic acids is 1. The Morgan fingerprint density at radius 1 is 1.46 bits per heavy atom. The van der Waals surface area contributed by atoms with Crippen LogP contribution in [0.2, 0.25) is 0 Å². The molecule has 0 aromatic carbocycles. The standard InChI is InChI=1S/C17H25N5O2/c1-13-15(12-20(2)19-13)17(23)22-7-4-5-14(11-22)16-18-6-8-21(16)9-10-24-3/h6,8,12,14H,4-5,7,9-11H2,1-3H3/t14-/m1/s1. The summed E-state index contributed by atoms with van der Waals surface area (Å²) in [7, 11) is 3.54. The van der Waals surface area contributed by atoms with Crippen molar-refractivity contribution in [3.05, 3.63) is 35.7 Å². The number of aromatic nitrogens is 4. The molecule has 3 heterocycles. The molecule has 0 radical (unpaired) electrons. The van der Waals surface area contributed by atoms with E-state index < -0.39 is 0 Å². The van der Waals surface area contributed by atoms with E-state index in [0.29, 0.717) is 18.7 Å². The van der Waals surface area contributed by atoms with Crippen LogP contribution in [-0.4, -0.2) is 56.9 Å². The fourth-order valence-electron chi connectivity index (χ4n) is 3.41. The van der Waals surface area contributed by atoms with E-state index in [2.05, 4.69) is 14.6 Å². The topological polar surface area (TPSA) is 65.2 Å². The molecule has 0 bridgehead atoms. The highest BCUT2D eigenvalue weighted by molar-refractivity contribution is 5.95. The molecule has 1 saturated heterocycles. The number of likely N-dealkylation sites (tertiary alicyclic amines) is 1. The van der Waals surface area contributed by atoms with Gasteiger partial charge in [-0.25, -0.2) is 4.98 Å². The number of piperidine rings is 1. The Labute approximate surface area is 142 Å². The largest absolute Gasteiger partial charge is 0.383 e. The van der Waals surface area contributed by atoms with Gasteiger partial charge in [-0.3, -0.25) is 9.48 Å². The molecule has 0 N–H and O–H groups in total. The van der Waals surface area contributed by atoms with Gasteiger partial charge >= 0.3 is 0 Å². The molecular formula is C17H25N5O2. The van der Waals surface area contributed by atoms with Crippen molar-refractivity contribution < 1.29 is 9.53 Å². The second kappa shape index (κ2) is 7.17. The maximum absolute atomic E-state index is 12.8. The zero-order valence-corrected chi connectivity index (χ0v) is 14.6. The first-order valence-corrected chi connectivity index (χ1v) is 8.39. The zero-order chi connectivity index (χ0) is 17.1. The minimum Gasteiger partial charge on any atom is -0.383 e. The van der Waals surface area contributed by atoms with Crippen molar-refractivity contribution >= 4 is 5.91 Å². The van der Waals surface area contributed by atoms with Crippen LogP contribution in [0.25, 0.3) is 0 Å². The molecule has 1 aliphatic rings. The summed E-state index contributed by atoms with van der Waals surface area (Å²) in [6.45, 7) is 4.83. The fourth-order valence-corrected chi connectivity index (χ4v) is 3.41. The van der Waals surface area contributed by atoms with Crippen LogP contribution in [0.1, 0.15) is 40.6 Å². The molecule has 1 fully saturated rings. The highest BCUT2D eigenvalue weighted by atomic mass is 16.5. The smallest absolute Gasteiger partial charge is 0.257 e. The molecule has 1 amide bonds. The Morgan fingerprint density at radius 3 is 3.00 bits per heavy atom. The quantitative estimate of drug-likeness (QED) is 0.834. The lowest BCUT2D eigenvalue weighted by Crippen LogP contribution is -2.40. The summed E-state index contributed by atoms with van der Waals surface area (Å²) < 4.78 is 9.00. The first-order chi connectivity index (χ1) is 11.6. The van der Waals surface area contributed by atoms with E-state index in [-0.39, 0.29) is 11.8 Å². The van der Waals surface area contributed by atoms with Crippen molar-refractivity contribution in [2.45, 2.75) is 32.2 Å². The number of imidazole rings is 1. The number of methoxy groups -OCH3 is 1. The highest BCUT2D eigenvalue weighted by Crippen LogP contribution is 2.27. The van der Waals surface area contributed by atoms with E-state index >= 15 is 0 Å². The monoisotopic (exact) mass is 331 g/mol. The van der Waals surface area contributed by atoms with Gasteiger partial charge in [0.15, 0.2) is 0 Å². The number of nitrogens with zero attached hydrogens (tertiary/aromatic N) is 5. The third-order valence-electron chi connectivity index (χ3n) is 4.60. The predicted octanol–water partition coefficient (Wildman–Crippen LogP) is 1.59. The lowest BCUT2D eigenvalue weighted by atomic mass is 9.96. The first-order valence-electron chi connectivity index (χ1n) is 8.39. The van der Waals surface area contributed by atoms with Gasteiger partial charge in [0.1, 0.15) is 5.82 Å². The molecule has 0 unspecified atom stereocenters. The third kappa shape index (κ3) is 3.36. The molecule has 2 aromatic heterocycles. The Kier molecular flexibility index (Phi) is 4.99. The summed E-state index contributed by atoms with van der Waals surface area (Å²) in [5.41, 5.74) is 1.48. The molecule has 1 atom stereocenters. The molecule has 24 heavy (non-hydrogen) atoms. The second-order valence-electron chi connectivity index (χ2n) is 6.36. The van der Waals surface area contributed by atoms with Gasteiger partial charge < -0.3 is 14.2 Å². The van der Waals surface area contributed by atoms with Gasteiger partial charge in [0.25, 0.3) is 5.91 Å². The van der Waals surface area contributed by atoms with Gasteiger partial charge in [0.05, 0.1) is 17.9 Å². The van der Waals surface area contributed by atoms with E-state index in [1.54, 1.807) is 18.0 Å². The summed E-state index contributed by atoms with van der Waals surface area (Å²) in [4.78, 5) is 19.3. The minimum atomic E-state index is 0.0697. The summed E-state index contributed by atoms with van der Waals surface area (Å²) >= 11 is 0. The molecule has 2 aromatic rings. The van der Waals surface area contributed by atoms with Crippen LogP contribution in [0, 0.1) is 6.92 Å². The van der Waals surface area contributed by atoms with Crippen LogP contribution in [0.4, 0.5) is 0 Å². The van der Waals surface area contributed by atoms with Crippen molar-refractivity contribution in [2.75, 3.05) is 26.8 Å². The Bertz CT molecular complexity index is 706. The van der Waals surface area contributed by atoms with Gasteiger partial charge in [-0.1, -0.05) is 0 Å². The third-order valence-corrected chi connectivity index (χ3v) is 4.60. The first kappa shape index (κ1) is 16.7. The average Bonchev–Trinajstić information content (AvgIpc) is 3.18. The lowest BCUT2D eigenvalue weighted by molar-refractivity contribution is 0.0701. The van der Waals surface area contributed by atoms with Crippen molar-refractivity contribution in [1.82, 2.24) is 24.2 Å². The van der Waals surface area contributed by atoms with Gasteiger partial charge in [0.2, 0.25) is 0 Å². The van der Waals surface area contributed by atoms with Crippen LogP contribution >= 0.6 is 0 Å². The maximum Gasteiger partial charge on any atom is 0.257 e. The normalized spacial score (nSPS) is 18.1. The van der Waals surface area contributed by atoms with Gasteiger partial charge in [0, 0.05) is 58.3 Å². The van der Waals surface area contributed by atoms with E-state index in [1.165, 1.54) is 0 Å². The molecule has 0 spiro atoms. The number of rotatable bonds is 5. The van der Waals surface area contributed by atoms with Gasteiger partial charge in [-0.05, 0) is 19.8 Å². The molecule has 7 heteroatoms. The van der Waals surface area contributed by atoms with Crippen LogP contribution < -0.4 is 0 Å². The molecule has 0 aliphatic carbocycles. The molecular weight excluding hydrogens is 306 g/mol. The van der Waals surface area contributed by atoms with E-state index in [1.807, 2.05) is 31.3 Å². The number of ether oxygens (including phenoxy) is 1. The van der Waals surface area contributed by atoms with Crippen LogP contribution in [-0.2, 0) is 18.3 Å². The average molecular weight is 331 g/mol. The van der Waals surface area contributed by atoms with Crippen LogP contribution in [0.5, 0.6) is 0 Å². The highest BCUT2D eigenvalue weighted by Gasteiger charge is 2.29. The number of aryl methyl sites for hydroxylation is 2. The number of amides is 1. The predicted molar refractivity (Wildman–Crippen MR) is 89.9 cm³/mol. The van der Waals surface area contributed by atoms with Crippen molar-refractivity contribution in [3.8, 4) is 0 Å². The Hall–Kier alpha value is -2.15. The van der Waals surface area contributed by atoms with E-state index in [4.69, 9.17) is 4.74 Å². The zero-order valence-electron chi connectivity index (χ0n) is 14.6. The molecule has 3 rings (SSSR count). The number of carbonyl (C=O) groups is 1. The van der Waals surface area contributed by atoms with E-state index in [0.717, 1.165) is 37.4 Å². The van der Waals surface area contributed by atoms with Crippen LogP contribution in [0.15, 0.2) is 18.6 Å². The molecule has 0 saturated carbocycles. The Morgan fingerprint density at radius 2 is 2.29 bits per heavy atom. The number of hydrogen-bond acceptors (Lipinski definition) is 4. The summed E-state index contributed by atoms with van der Waals surface area (Å²) in [5, 5.41) is 4.28. The van der Waals surface area contributed by atoms with Gasteiger partial charge in [-0.15, -0.1) is 0 Å². The van der Waals surface area contributed by atoms with Crippen molar-refractivity contribution in [2.24, 2.45) is 7.05 Å². The SMILES string of the molecule is COCCn1ccnc1[C@@H]1CCCN(C(=O)c2cn(C)nc2C)C1. The summed E-state index contributed by atoms with van der Waals surface area (Å²) in [6.07, 6.45) is 7.67. The van der Waals surface area contributed by atoms with Crippen LogP contribution in [0.3, 0.4) is 0 Å².